The molecule has 0 radical (unpaired) electrons. The summed E-state index contributed by atoms with van der Waals surface area (Å²) in [6.45, 7) is 5.55. The van der Waals surface area contributed by atoms with Crippen LogP contribution in [0.2, 0.25) is 0 Å². The summed E-state index contributed by atoms with van der Waals surface area (Å²) >= 11 is 0. The van der Waals surface area contributed by atoms with Gasteiger partial charge in [-0.3, -0.25) is 4.79 Å². The molecule has 0 aliphatic carbocycles. The molecule has 1 aromatic heterocycles. The van der Waals surface area contributed by atoms with Gasteiger partial charge in [-0.25, -0.2) is 4.98 Å². The van der Waals surface area contributed by atoms with E-state index in [4.69, 9.17) is 4.98 Å². The van der Waals surface area contributed by atoms with Gasteiger partial charge in [0.15, 0.2) is 0 Å². The number of amides is 1. The van der Waals surface area contributed by atoms with Gasteiger partial charge in [0.05, 0.1) is 23.0 Å². The minimum Gasteiger partial charge on any atom is -0.332 e. The predicted octanol–water partition coefficient (Wildman–Crippen LogP) is 2.36. The van der Waals surface area contributed by atoms with Gasteiger partial charge in [0.2, 0.25) is 5.91 Å². The van der Waals surface area contributed by atoms with Crippen molar-refractivity contribution >= 4 is 29.3 Å². The molecule has 2 saturated heterocycles. The number of halogens is 1. The van der Waals surface area contributed by atoms with Gasteiger partial charge < -0.3 is 14.8 Å². The average molecular weight is 335 g/mol. The number of hydrogen-bond acceptors (Lipinski definition) is 3. The first-order valence-electron chi connectivity index (χ1n) is 8.26. The Bertz CT molecular complexity index is 710. The van der Waals surface area contributed by atoms with Crippen LogP contribution in [0.4, 0.5) is 0 Å². The normalized spacial score (nSPS) is 21.3. The number of benzene rings is 1. The van der Waals surface area contributed by atoms with E-state index in [-0.39, 0.29) is 24.4 Å². The number of para-hydroxylation sites is 2. The summed E-state index contributed by atoms with van der Waals surface area (Å²) in [5.41, 5.74) is 2.20. The van der Waals surface area contributed by atoms with Crippen molar-refractivity contribution in [3.63, 3.8) is 0 Å². The van der Waals surface area contributed by atoms with Crippen LogP contribution in [0.5, 0.6) is 0 Å². The minimum atomic E-state index is 0. The molecule has 1 atom stereocenters. The SMILES string of the molecule is CCn1c(C2CCCN2C(=O)C2CNC2)nc2ccccc21.Cl. The van der Waals surface area contributed by atoms with Crippen LogP contribution in [-0.2, 0) is 11.3 Å². The van der Waals surface area contributed by atoms with E-state index < -0.39 is 0 Å². The van der Waals surface area contributed by atoms with E-state index >= 15 is 0 Å². The molecule has 1 amide bonds. The number of nitrogens with zero attached hydrogens (tertiary/aromatic N) is 3. The number of carbonyl (C=O) groups is 1. The Kier molecular flexibility index (Phi) is 4.60. The molecule has 0 bridgehead atoms. The zero-order chi connectivity index (χ0) is 15.1. The second-order valence-corrected chi connectivity index (χ2v) is 6.25. The van der Waals surface area contributed by atoms with E-state index in [2.05, 4.69) is 39.9 Å². The van der Waals surface area contributed by atoms with E-state index in [1.165, 1.54) is 5.52 Å². The van der Waals surface area contributed by atoms with Crippen LogP contribution in [0, 0.1) is 5.92 Å². The summed E-state index contributed by atoms with van der Waals surface area (Å²) in [6.07, 6.45) is 2.10. The monoisotopic (exact) mass is 334 g/mol. The van der Waals surface area contributed by atoms with Gasteiger partial charge in [0.1, 0.15) is 5.82 Å². The van der Waals surface area contributed by atoms with Crippen molar-refractivity contribution in [3.8, 4) is 0 Å². The van der Waals surface area contributed by atoms with E-state index in [1.807, 2.05) is 6.07 Å². The molecular weight excluding hydrogens is 312 g/mol. The largest absolute Gasteiger partial charge is 0.332 e. The van der Waals surface area contributed by atoms with Crippen molar-refractivity contribution in [2.24, 2.45) is 5.92 Å². The van der Waals surface area contributed by atoms with Crippen LogP contribution in [0.15, 0.2) is 24.3 Å². The maximum Gasteiger partial charge on any atom is 0.228 e. The van der Waals surface area contributed by atoms with Crippen molar-refractivity contribution in [3.05, 3.63) is 30.1 Å². The number of hydrogen-bond donors (Lipinski definition) is 1. The molecule has 5 nitrogen and oxygen atoms in total. The number of nitrogens with one attached hydrogen (secondary N) is 1. The minimum absolute atomic E-state index is 0. The number of rotatable bonds is 3. The van der Waals surface area contributed by atoms with E-state index in [9.17, 15) is 4.79 Å². The highest BCUT2D eigenvalue weighted by atomic mass is 35.5. The number of carbonyl (C=O) groups excluding carboxylic acids is 1. The van der Waals surface area contributed by atoms with Gasteiger partial charge in [0, 0.05) is 26.2 Å². The molecular formula is C17H23ClN4O. The molecule has 4 rings (SSSR count). The topological polar surface area (TPSA) is 50.2 Å². The van der Waals surface area contributed by atoms with Crippen LogP contribution in [0.25, 0.3) is 11.0 Å². The fourth-order valence-electron chi connectivity index (χ4n) is 3.68. The summed E-state index contributed by atoms with van der Waals surface area (Å²) in [5.74, 6) is 1.53. The lowest BCUT2D eigenvalue weighted by atomic mass is 10.0. The molecule has 2 fully saturated rings. The first kappa shape index (κ1) is 16.3. The summed E-state index contributed by atoms with van der Waals surface area (Å²) in [5, 5.41) is 3.20. The van der Waals surface area contributed by atoms with E-state index in [1.54, 1.807) is 0 Å². The van der Waals surface area contributed by atoms with E-state index in [0.717, 1.165) is 50.4 Å². The zero-order valence-electron chi connectivity index (χ0n) is 13.4. The predicted molar refractivity (Wildman–Crippen MR) is 92.7 cm³/mol. The van der Waals surface area contributed by atoms with Crippen molar-refractivity contribution in [1.29, 1.82) is 0 Å². The highest BCUT2D eigenvalue weighted by Gasteiger charge is 2.38. The molecule has 1 aromatic carbocycles. The number of likely N-dealkylation sites (tertiary alicyclic amines) is 1. The highest BCUT2D eigenvalue weighted by Crippen LogP contribution is 2.34. The molecule has 2 aliphatic heterocycles. The zero-order valence-corrected chi connectivity index (χ0v) is 14.2. The molecule has 3 heterocycles. The summed E-state index contributed by atoms with van der Waals surface area (Å²) < 4.78 is 2.27. The number of imidazole rings is 1. The maximum absolute atomic E-state index is 12.7. The smallest absolute Gasteiger partial charge is 0.228 e. The third kappa shape index (κ3) is 2.62. The second kappa shape index (κ2) is 6.49. The van der Waals surface area contributed by atoms with Crippen molar-refractivity contribution < 1.29 is 4.79 Å². The van der Waals surface area contributed by atoms with Crippen LogP contribution in [0.1, 0.15) is 31.6 Å². The van der Waals surface area contributed by atoms with Gasteiger partial charge in [-0.05, 0) is 31.9 Å². The number of fused-ring (bicyclic) bond motifs is 1. The second-order valence-electron chi connectivity index (χ2n) is 6.25. The Morgan fingerprint density at radius 2 is 2.13 bits per heavy atom. The molecule has 0 spiro atoms. The maximum atomic E-state index is 12.7. The van der Waals surface area contributed by atoms with Gasteiger partial charge in [-0.2, -0.15) is 0 Å². The Morgan fingerprint density at radius 3 is 2.83 bits per heavy atom. The quantitative estimate of drug-likeness (QED) is 0.937. The molecule has 0 saturated carbocycles. The van der Waals surface area contributed by atoms with Gasteiger partial charge in [0.25, 0.3) is 0 Å². The molecule has 1 unspecified atom stereocenters. The standard InChI is InChI=1S/C17H22N4O.ClH/c1-2-20-14-7-4-3-6-13(14)19-16(20)15-8-5-9-21(15)17(22)12-10-18-11-12;/h3-4,6-7,12,15,18H,2,5,8-11H2,1H3;1H. The third-order valence-corrected chi connectivity index (χ3v) is 4.96. The van der Waals surface area contributed by atoms with Crippen molar-refractivity contribution in [1.82, 2.24) is 19.8 Å². The number of aromatic nitrogens is 2. The van der Waals surface area contributed by atoms with Crippen LogP contribution in [0.3, 0.4) is 0 Å². The highest BCUT2D eigenvalue weighted by molar-refractivity contribution is 5.85. The molecule has 6 heteroatoms. The van der Waals surface area contributed by atoms with Gasteiger partial charge >= 0.3 is 0 Å². The Hall–Kier alpha value is -1.59. The molecule has 23 heavy (non-hydrogen) atoms. The lowest BCUT2D eigenvalue weighted by Crippen LogP contribution is -2.52. The molecule has 2 aromatic rings. The Labute approximate surface area is 142 Å². The fraction of sp³-hybridized carbons (Fsp3) is 0.529. The molecule has 1 N–H and O–H groups in total. The number of aryl methyl sites for hydroxylation is 1. The Morgan fingerprint density at radius 1 is 1.35 bits per heavy atom. The molecule has 124 valence electrons. The van der Waals surface area contributed by atoms with Crippen LogP contribution >= 0.6 is 12.4 Å². The Balaban J connectivity index is 0.00000156. The lowest BCUT2D eigenvalue weighted by molar-refractivity contribution is -0.138. The van der Waals surface area contributed by atoms with Gasteiger partial charge in [-0.15, -0.1) is 12.4 Å². The first-order chi connectivity index (χ1) is 10.8. The van der Waals surface area contributed by atoms with Crippen molar-refractivity contribution in [2.45, 2.75) is 32.4 Å². The van der Waals surface area contributed by atoms with Crippen LogP contribution in [-0.4, -0.2) is 40.0 Å². The summed E-state index contributed by atoms with van der Waals surface area (Å²) in [7, 11) is 0. The molecule has 2 aliphatic rings. The summed E-state index contributed by atoms with van der Waals surface area (Å²) in [6, 6.07) is 8.39. The van der Waals surface area contributed by atoms with Crippen LogP contribution < -0.4 is 5.32 Å². The van der Waals surface area contributed by atoms with E-state index in [0.29, 0.717) is 5.91 Å². The van der Waals surface area contributed by atoms with Crippen molar-refractivity contribution in [2.75, 3.05) is 19.6 Å². The fourth-order valence-corrected chi connectivity index (χ4v) is 3.68. The lowest BCUT2D eigenvalue weighted by Gasteiger charge is -2.33. The average Bonchev–Trinajstić information content (AvgIpc) is 3.09. The summed E-state index contributed by atoms with van der Waals surface area (Å²) in [4.78, 5) is 19.6. The third-order valence-electron chi connectivity index (χ3n) is 4.96. The van der Waals surface area contributed by atoms with Gasteiger partial charge in [-0.1, -0.05) is 12.1 Å². The first-order valence-corrected chi connectivity index (χ1v) is 8.26.